The molecule has 0 aliphatic rings. The van der Waals surface area contributed by atoms with Crippen LogP contribution in [0.2, 0.25) is 0 Å². The van der Waals surface area contributed by atoms with Gasteiger partial charge >= 0.3 is 0 Å². The summed E-state index contributed by atoms with van der Waals surface area (Å²) in [4.78, 5) is 11.8. The van der Waals surface area contributed by atoms with E-state index in [0.29, 0.717) is 23.5 Å². The first kappa shape index (κ1) is 10.4. The van der Waals surface area contributed by atoms with Gasteiger partial charge in [-0.25, -0.2) is 0 Å². The van der Waals surface area contributed by atoms with E-state index in [9.17, 15) is 4.79 Å². The fourth-order valence-electron chi connectivity index (χ4n) is 1.47. The van der Waals surface area contributed by atoms with E-state index < -0.39 is 0 Å². The molecule has 0 fully saturated rings. The van der Waals surface area contributed by atoms with Gasteiger partial charge in [0.05, 0.1) is 17.8 Å². The molecule has 2 rings (SSSR count). The molecule has 16 heavy (non-hydrogen) atoms. The summed E-state index contributed by atoms with van der Waals surface area (Å²) in [6.07, 6.45) is 1.47. The topological polar surface area (TPSA) is 83.8 Å². The van der Waals surface area contributed by atoms with Crippen LogP contribution >= 0.6 is 0 Å². The van der Waals surface area contributed by atoms with E-state index in [4.69, 9.17) is 0 Å². The number of carbonyl (C=O) groups excluding carboxylic acids is 1. The van der Waals surface area contributed by atoms with Crippen LogP contribution in [0.15, 0.2) is 16.9 Å². The number of carbonyl (C=O) groups is 1. The Bertz CT molecular complexity index is 467. The van der Waals surface area contributed by atoms with Gasteiger partial charge in [-0.3, -0.25) is 9.89 Å². The Kier molecular flexibility index (Phi) is 2.72. The number of rotatable bonds is 3. The first-order chi connectivity index (χ1) is 7.68. The molecule has 84 valence electrons. The predicted molar refractivity (Wildman–Crippen MR) is 55.7 cm³/mol. The van der Waals surface area contributed by atoms with E-state index in [1.807, 2.05) is 6.92 Å². The Labute approximate surface area is 92.0 Å². The molecular weight excluding hydrogens is 208 g/mol. The predicted octanol–water partition coefficient (Wildman–Crippen LogP) is 0.945. The maximum Gasteiger partial charge on any atom is 0.255 e. The number of hydrogen-bond acceptors (Lipinski definition) is 4. The number of amides is 1. The molecule has 6 nitrogen and oxygen atoms in total. The van der Waals surface area contributed by atoms with Crippen LogP contribution in [0.5, 0.6) is 0 Å². The normalized spacial score (nSPS) is 10.4. The number of H-pyrrole nitrogens is 1. The third-order valence-electron chi connectivity index (χ3n) is 2.28. The zero-order valence-electron chi connectivity index (χ0n) is 9.07. The first-order valence-corrected chi connectivity index (χ1v) is 4.87. The lowest BCUT2D eigenvalue weighted by atomic mass is 10.2. The van der Waals surface area contributed by atoms with Crippen molar-refractivity contribution in [3.05, 3.63) is 35.0 Å². The molecule has 1 amide bonds. The second kappa shape index (κ2) is 4.18. The van der Waals surface area contributed by atoms with Gasteiger partial charge in [0.2, 0.25) is 0 Å². The molecule has 0 aliphatic carbocycles. The lowest BCUT2D eigenvalue weighted by Crippen LogP contribution is -2.24. The lowest BCUT2D eigenvalue weighted by Gasteiger charge is -2.02. The molecule has 0 saturated carbocycles. The molecule has 0 spiro atoms. The summed E-state index contributed by atoms with van der Waals surface area (Å²) in [5.41, 5.74) is 2.72. The first-order valence-electron chi connectivity index (χ1n) is 4.87. The Morgan fingerprint density at radius 2 is 2.38 bits per heavy atom. The van der Waals surface area contributed by atoms with Gasteiger partial charge in [0.15, 0.2) is 0 Å². The van der Waals surface area contributed by atoms with E-state index in [0.717, 1.165) is 5.69 Å². The third kappa shape index (κ3) is 1.95. The van der Waals surface area contributed by atoms with Crippen molar-refractivity contribution in [2.45, 2.75) is 20.4 Å². The molecule has 0 saturated heterocycles. The summed E-state index contributed by atoms with van der Waals surface area (Å²) in [7, 11) is 0. The van der Waals surface area contributed by atoms with Crippen molar-refractivity contribution in [1.82, 2.24) is 20.7 Å². The average molecular weight is 220 g/mol. The highest BCUT2D eigenvalue weighted by atomic mass is 16.5. The Hall–Kier alpha value is -2.11. The highest BCUT2D eigenvalue weighted by molar-refractivity contribution is 5.96. The van der Waals surface area contributed by atoms with E-state index in [1.165, 1.54) is 6.26 Å². The largest absolute Gasteiger partial charge is 0.364 e. The van der Waals surface area contributed by atoms with Crippen LogP contribution < -0.4 is 5.32 Å². The number of aryl methyl sites for hydroxylation is 2. The Balaban J connectivity index is 2.04. The fraction of sp³-hybridized carbons (Fsp3) is 0.300. The molecule has 0 atom stereocenters. The molecule has 0 unspecified atom stereocenters. The number of aromatic nitrogens is 3. The molecule has 2 aromatic rings. The van der Waals surface area contributed by atoms with Gasteiger partial charge in [0.25, 0.3) is 5.91 Å². The average Bonchev–Trinajstić information content (AvgIpc) is 2.86. The minimum atomic E-state index is -0.160. The van der Waals surface area contributed by atoms with Crippen LogP contribution in [0.1, 0.15) is 27.4 Å². The van der Waals surface area contributed by atoms with Gasteiger partial charge in [0.1, 0.15) is 12.0 Å². The number of aromatic amines is 1. The molecule has 0 bridgehead atoms. The summed E-state index contributed by atoms with van der Waals surface area (Å²) in [6, 6.07) is 1.70. The van der Waals surface area contributed by atoms with Crippen molar-refractivity contribution < 1.29 is 9.32 Å². The SMILES string of the molecule is Cc1n[nH]c(C)c1C(=O)NCc1ccon1. The Morgan fingerprint density at radius 3 is 2.94 bits per heavy atom. The van der Waals surface area contributed by atoms with Crippen LogP contribution in [-0.2, 0) is 6.54 Å². The molecule has 2 aromatic heterocycles. The van der Waals surface area contributed by atoms with Gasteiger partial charge in [0, 0.05) is 11.8 Å². The smallest absolute Gasteiger partial charge is 0.255 e. The molecule has 0 aromatic carbocycles. The van der Waals surface area contributed by atoms with E-state index in [2.05, 4.69) is 25.2 Å². The summed E-state index contributed by atoms with van der Waals surface area (Å²) in [6.45, 7) is 3.94. The van der Waals surface area contributed by atoms with Crippen molar-refractivity contribution in [2.24, 2.45) is 0 Å². The van der Waals surface area contributed by atoms with Crippen LogP contribution in [0, 0.1) is 13.8 Å². The Morgan fingerprint density at radius 1 is 1.56 bits per heavy atom. The summed E-state index contributed by atoms with van der Waals surface area (Å²) >= 11 is 0. The minimum Gasteiger partial charge on any atom is -0.364 e. The quantitative estimate of drug-likeness (QED) is 0.806. The zero-order chi connectivity index (χ0) is 11.5. The number of hydrogen-bond donors (Lipinski definition) is 2. The maximum atomic E-state index is 11.8. The van der Waals surface area contributed by atoms with Gasteiger partial charge in [-0.1, -0.05) is 5.16 Å². The highest BCUT2D eigenvalue weighted by Crippen LogP contribution is 2.08. The fourth-order valence-corrected chi connectivity index (χ4v) is 1.47. The summed E-state index contributed by atoms with van der Waals surface area (Å²) in [5, 5.41) is 13.2. The van der Waals surface area contributed by atoms with Gasteiger partial charge in [-0.05, 0) is 13.8 Å². The molecule has 2 N–H and O–H groups in total. The van der Waals surface area contributed by atoms with Gasteiger partial charge in [-0.2, -0.15) is 5.10 Å². The molecule has 0 aliphatic heterocycles. The van der Waals surface area contributed by atoms with Crippen molar-refractivity contribution in [3.63, 3.8) is 0 Å². The molecule has 0 radical (unpaired) electrons. The van der Waals surface area contributed by atoms with E-state index in [-0.39, 0.29) is 5.91 Å². The van der Waals surface area contributed by atoms with Crippen LogP contribution in [0.4, 0.5) is 0 Å². The summed E-state index contributed by atoms with van der Waals surface area (Å²) in [5.74, 6) is -0.160. The highest BCUT2D eigenvalue weighted by Gasteiger charge is 2.14. The van der Waals surface area contributed by atoms with Gasteiger partial charge < -0.3 is 9.84 Å². The molecule has 2 heterocycles. The van der Waals surface area contributed by atoms with Gasteiger partial charge in [-0.15, -0.1) is 0 Å². The van der Waals surface area contributed by atoms with Crippen LogP contribution in [-0.4, -0.2) is 21.3 Å². The minimum absolute atomic E-state index is 0.160. The van der Waals surface area contributed by atoms with Crippen molar-refractivity contribution >= 4 is 5.91 Å². The molecule has 6 heteroatoms. The maximum absolute atomic E-state index is 11.8. The van der Waals surface area contributed by atoms with Crippen molar-refractivity contribution in [3.8, 4) is 0 Å². The second-order valence-electron chi connectivity index (χ2n) is 3.48. The number of nitrogens with one attached hydrogen (secondary N) is 2. The molecular formula is C10H12N4O2. The van der Waals surface area contributed by atoms with Crippen molar-refractivity contribution in [1.29, 1.82) is 0 Å². The summed E-state index contributed by atoms with van der Waals surface area (Å²) < 4.78 is 4.67. The van der Waals surface area contributed by atoms with E-state index in [1.54, 1.807) is 13.0 Å². The van der Waals surface area contributed by atoms with E-state index >= 15 is 0 Å². The monoisotopic (exact) mass is 220 g/mol. The second-order valence-corrected chi connectivity index (χ2v) is 3.48. The third-order valence-corrected chi connectivity index (χ3v) is 2.28. The zero-order valence-corrected chi connectivity index (χ0v) is 9.07. The van der Waals surface area contributed by atoms with Crippen molar-refractivity contribution in [2.75, 3.05) is 0 Å². The van der Waals surface area contributed by atoms with Crippen LogP contribution in [0.3, 0.4) is 0 Å². The number of nitrogens with zero attached hydrogens (tertiary/aromatic N) is 2. The standard InChI is InChI=1S/C10H12N4O2/c1-6-9(7(2)13-12-6)10(15)11-5-8-3-4-16-14-8/h3-4H,5H2,1-2H3,(H,11,15)(H,12,13). The van der Waals surface area contributed by atoms with Crippen LogP contribution in [0.25, 0.3) is 0 Å². The lowest BCUT2D eigenvalue weighted by molar-refractivity contribution is 0.0949.